The van der Waals surface area contributed by atoms with Crippen LogP contribution in [0.2, 0.25) is 0 Å². The van der Waals surface area contributed by atoms with Crippen LogP contribution in [0.5, 0.6) is 0 Å². The summed E-state index contributed by atoms with van der Waals surface area (Å²) in [6.07, 6.45) is 0. The molecular formula is C9H6F2N2S. The highest BCUT2D eigenvalue weighted by Gasteiger charge is 2.11. The van der Waals surface area contributed by atoms with E-state index in [2.05, 4.69) is 4.37 Å². The summed E-state index contributed by atoms with van der Waals surface area (Å²) in [7, 11) is 0. The Bertz CT molecular complexity index is 468. The molecule has 0 spiro atoms. The van der Waals surface area contributed by atoms with Crippen LogP contribution in [-0.4, -0.2) is 4.37 Å². The zero-order chi connectivity index (χ0) is 10.1. The van der Waals surface area contributed by atoms with Gasteiger partial charge in [-0.15, -0.1) is 0 Å². The average molecular weight is 212 g/mol. The lowest BCUT2D eigenvalue weighted by Gasteiger charge is -1.98. The van der Waals surface area contributed by atoms with Gasteiger partial charge in [0.05, 0.1) is 5.69 Å². The predicted octanol–water partition coefficient (Wildman–Crippen LogP) is 2.67. The number of anilines is 1. The molecule has 2 aromatic rings. The Labute approximate surface area is 83.2 Å². The Morgan fingerprint density at radius 2 is 2.07 bits per heavy atom. The number of nitrogen functional groups attached to an aromatic ring is 1. The van der Waals surface area contributed by atoms with Crippen molar-refractivity contribution in [3.8, 4) is 11.3 Å². The van der Waals surface area contributed by atoms with Gasteiger partial charge in [-0.05, 0) is 23.7 Å². The molecule has 2 rings (SSSR count). The van der Waals surface area contributed by atoms with Gasteiger partial charge in [0.1, 0.15) is 5.00 Å². The van der Waals surface area contributed by atoms with Gasteiger partial charge in [-0.2, -0.15) is 4.37 Å². The van der Waals surface area contributed by atoms with Crippen molar-refractivity contribution in [1.29, 1.82) is 0 Å². The first-order valence-electron chi connectivity index (χ1n) is 3.85. The molecule has 2 nitrogen and oxygen atoms in total. The van der Waals surface area contributed by atoms with Gasteiger partial charge in [0, 0.05) is 11.6 Å². The van der Waals surface area contributed by atoms with Crippen molar-refractivity contribution >= 4 is 16.5 Å². The fourth-order valence-corrected chi connectivity index (χ4v) is 1.64. The molecule has 0 amide bonds. The van der Waals surface area contributed by atoms with Gasteiger partial charge in [-0.25, -0.2) is 8.78 Å². The number of nitrogens with two attached hydrogens (primary N) is 1. The second kappa shape index (κ2) is 3.34. The van der Waals surface area contributed by atoms with E-state index in [9.17, 15) is 8.78 Å². The average Bonchev–Trinajstić information content (AvgIpc) is 2.57. The summed E-state index contributed by atoms with van der Waals surface area (Å²) in [5, 5.41) is 0.476. The Morgan fingerprint density at radius 1 is 1.29 bits per heavy atom. The lowest BCUT2D eigenvalue weighted by molar-refractivity contribution is 0.511. The summed E-state index contributed by atoms with van der Waals surface area (Å²) in [5.74, 6) is -1.77. The third kappa shape index (κ3) is 1.46. The van der Waals surface area contributed by atoms with E-state index in [-0.39, 0.29) is 5.56 Å². The van der Waals surface area contributed by atoms with Gasteiger partial charge in [-0.3, -0.25) is 0 Å². The lowest BCUT2D eigenvalue weighted by Crippen LogP contribution is -1.88. The molecule has 5 heteroatoms. The van der Waals surface area contributed by atoms with Crippen molar-refractivity contribution < 1.29 is 8.78 Å². The SMILES string of the molecule is Nc1cc(-c2cccc(F)c2F)ns1. The van der Waals surface area contributed by atoms with Gasteiger partial charge < -0.3 is 5.73 Å². The standard InChI is InChI=1S/C9H6F2N2S/c10-6-3-1-2-5(9(6)11)7-4-8(12)14-13-7/h1-4H,12H2. The molecule has 0 aliphatic rings. The van der Waals surface area contributed by atoms with Crippen molar-refractivity contribution in [2.45, 2.75) is 0 Å². The molecule has 0 aliphatic carbocycles. The molecule has 1 aromatic heterocycles. The molecule has 0 fully saturated rings. The maximum Gasteiger partial charge on any atom is 0.168 e. The summed E-state index contributed by atoms with van der Waals surface area (Å²) in [6, 6.07) is 5.48. The third-order valence-corrected chi connectivity index (χ3v) is 2.37. The van der Waals surface area contributed by atoms with E-state index in [1.807, 2.05) is 0 Å². The molecule has 0 radical (unpaired) electrons. The predicted molar refractivity (Wildman–Crippen MR) is 51.9 cm³/mol. The monoisotopic (exact) mass is 212 g/mol. The molecule has 1 aromatic carbocycles. The second-order valence-corrected chi connectivity index (χ2v) is 3.55. The smallest absolute Gasteiger partial charge is 0.168 e. The third-order valence-electron chi connectivity index (χ3n) is 1.76. The Morgan fingerprint density at radius 3 is 2.71 bits per heavy atom. The van der Waals surface area contributed by atoms with Crippen molar-refractivity contribution in [2.75, 3.05) is 5.73 Å². The number of hydrogen-bond acceptors (Lipinski definition) is 3. The highest BCUT2D eigenvalue weighted by atomic mass is 32.1. The maximum absolute atomic E-state index is 13.2. The van der Waals surface area contributed by atoms with Crippen LogP contribution in [0.1, 0.15) is 0 Å². The maximum atomic E-state index is 13.2. The van der Waals surface area contributed by atoms with E-state index in [1.165, 1.54) is 18.2 Å². The minimum absolute atomic E-state index is 0.137. The van der Waals surface area contributed by atoms with Gasteiger partial charge in [0.25, 0.3) is 0 Å². The quantitative estimate of drug-likeness (QED) is 0.789. The van der Waals surface area contributed by atoms with Crippen LogP contribution in [0.4, 0.5) is 13.8 Å². The Hall–Kier alpha value is -1.49. The highest BCUT2D eigenvalue weighted by molar-refractivity contribution is 7.10. The molecule has 1 heterocycles. The Kier molecular flexibility index (Phi) is 2.17. The molecule has 2 N–H and O–H groups in total. The van der Waals surface area contributed by atoms with Crippen molar-refractivity contribution in [2.24, 2.45) is 0 Å². The molecule has 14 heavy (non-hydrogen) atoms. The normalized spacial score (nSPS) is 10.4. The number of benzene rings is 1. The van der Waals surface area contributed by atoms with Gasteiger partial charge in [-0.1, -0.05) is 6.07 Å². The Balaban J connectivity index is 2.57. The van der Waals surface area contributed by atoms with Gasteiger partial charge in [0.2, 0.25) is 0 Å². The van der Waals surface area contributed by atoms with Gasteiger partial charge >= 0.3 is 0 Å². The molecule has 72 valence electrons. The molecule has 0 aliphatic heterocycles. The zero-order valence-corrected chi connectivity index (χ0v) is 7.81. The first kappa shape index (κ1) is 9.08. The van der Waals surface area contributed by atoms with E-state index in [1.54, 1.807) is 0 Å². The number of nitrogens with zero attached hydrogens (tertiary/aromatic N) is 1. The van der Waals surface area contributed by atoms with E-state index >= 15 is 0 Å². The summed E-state index contributed by atoms with van der Waals surface area (Å²) < 4.78 is 30.0. The lowest BCUT2D eigenvalue weighted by atomic mass is 10.1. The van der Waals surface area contributed by atoms with Gasteiger partial charge in [0.15, 0.2) is 11.6 Å². The largest absolute Gasteiger partial charge is 0.389 e. The van der Waals surface area contributed by atoms with Crippen molar-refractivity contribution in [3.05, 3.63) is 35.9 Å². The van der Waals surface area contributed by atoms with Crippen LogP contribution in [0.3, 0.4) is 0 Å². The number of aromatic nitrogens is 1. The van der Waals surface area contributed by atoms with E-state index in [0.717, 1.165) is 17.6 Å². The molecule has 0 saturated heterocycles. The summed E-state index contributed by atoms with van der Waals surface area (Å²) in [4.78, 5) is 0. The minimum Gasteiger partial charge on any atom is -0.389 e. The van der Waals surface area contributed by atoms with E-state index < -0.39 is 11.6 Å². The van der Waals surface area contributed by atoms with Crippen LogP contribution in [0, 0.1) is 11.6 Å². The summed E-state index contributed by atoms with van der Waals surface area (Å²) in [6.45, 7) is 0. The number of halogens is 2. The minimum atomic E-state index is -0.891. The molecule has 0 bridgehead atoms. The van der Waals surface area contributed by atoms with Crippen LogP contribution >= 0.6 is 11.5 Å². The first-order valence-corrected chi connectivity index (χ1v) is 4.62. The summed E-state index contributed by atoms with van der Waals surface area (Å²) >= 11 is 1.05. The molecule has 0 atom stereocenters. The number of rotatable bonds is 1. The first-order chi connectivity index (χ1) is 6.68. The molecule has 0 saturated carbocycles. The molecular weight excluding hydrogens is 206 g/mol. The fourth-order valence-electron chi connectivity index (χ4n) is 1.12. The fraction of sp³-hybridized carbons (Fsp3) is 0. The van der Waals surface area contributed by atoms with Crippen molar-refractivity contribution in [1.82, 2.24) is 4.37 Å². The van der Waals surface area contributed by atoms with Crippen LogP contribution in [0.25, 0.3) is 11.3 Å². The highest BCUT2D eigenvalue weighted by Crippen LogP contribution is 2.26. The van der Waals surface area contributed by atoms with Crippen LogP contribution < -0.4 is 5.73 Å². The molecule has 0 unspecified atom stereocenters. The summed E-state index contributed by atoms with van der Waals surface area (Å²) in [5.41, 5.74) is 5.95. The van der Waals surface area contributed by atoms with E-state index in [0.29, 0.717) is 10.7 Å². The zero-order valence-electron chi connectivity index (χ0n) is 7.00. The van der Waals surface area contributed by atoms with Crippen LogP contribution in [-0.2, 0) is 0 Å². The number of hydrogen-bond donors (Lipinski definition) is 1. The van der Waals surface area contributed by atoms with Crippen LogP contribution in [0.15, 0.2) is 24.3 Å². The second-order valence-electron chi connectivity index (χ2n) is 2.72. The van der Waals surface area contributed by atoms with E-state index in [4.69, 9.17) is 5.73 Å². The topological polar surface area (TPSA) is 38.9 Å². The van der Waals surface area contributed by atoms with Crippen molar-refractivity contribution in [3.63, 3.8) is 0 Å².